The molecule has 0 unspecified atom stereocenters. The Labute approximate surface area is 225 Å². The van der Waals surface area contributed by atoms with Crippen molar-refractivity contribution in [1.29, 1.82) is 0 Å². The second-order valence-corrected chi connectivity index (χ2v) is 9.95. The van der Waals surface area contributed by atoms with Gasteiger partial charge in [0.1, 0.15) is 17.8 Å². The van der Waals surface area contributed by atoms with Crippen molar-refractivity contribution in [2.24, 2.45) is 0 Å². The van der Waals surface area contributed by atoms with Crippen LogP contribution in [0, 0.1) is 12.7 Å². The van der Waals surface area contributed by atoms with Gasteiger partial charge >= 0.3 is 12.7 Å². The molecule has 0 N–H and O–H groups in total. The molecular weight excluding hydrogens is 536 g/mol. The molecule has 0 amide bonds. The predicted octanol–water partition coefficient (Wildman–Crippen LogP) is 6.85. The van der Waals surface area contributed by atoms with Crippen LogP contribution in [-0.4, -0.2) is 24.5 Å². The fourth-order valence-corrected chi connectivity index (χ4v) is 5.51. The van der Waals surface area contributed by atoms with Gasteiger partial charge in [0, 0.05) is 5.56 Å². The van der Waals surface area contributed by atoms with Crippen LogP contribution in [0.25, 0.3) is 11.5 Å². The monoisotopic (exact) mass is 561 g/mol. The van der Waals surface area contributed by atoms with E-state index in [0.29, 0.717) is 35.9 Å². The molecule has 0 aliphatic heterocycles. The maximum Gasteiger partial charge on any atom is 0.416 e. The first kappa shape index (κ1) is 27.6. The molecule has 1 aliphatic carbocycles. The van der Waals surface area contributed by atoms with Gasteiger partial charge in [-0.25, -0.2) is 14.1 Å². The van der Waals surface area contributed by atoms with Crippen molar-refractivity contribution in [1.82, 2.24) is 24.5 Å². The number of hydrogen-bond donors (Lipinski definition) is 0. The minimum Gasteiger partial charge on any atom is -0.267 e. The third-order valence-electron chi connectivity index (χ3n) is 7.43. The van der Waals surface area contributed by atoms with E-state index in [0.717, 1.165) is 22.6 Å². The first-order valence-corrected chi connectivity index (χ1v) is 12.7. The molecule has 0 saturated heterocycles. The second kappa shape index (κ2) is 10.9. The number of alkyl halides is 5. The van der Waals surface area contributed by atoms with Gasteiger partial charge in [-0.3, -0.25) is 4.79 Å². The van der Waals surface area contributed by atoms with Crippen LogP contribution in [0.1, 0.15) is 71.9 Å². The Morgan fingerprint density at radius 2 is 1.68 bits per heavy atom. The summed E-state index contributed by atoms with van der Waals surface area (Å²) < 4.78 is 83.0. The lowest BCUT2D eigenvalue weighted by atomic mass is 9.75. The predicted molar refractivity (Wildman–Crippen MR) is 134 cm³/mol. The molecular formula is C28H25F6N5O. The molecule has 1 aliphatic rings. The van der Waals surface area contributed by atoms with Crippen LogP contribution in [0.4, 0.5) is 26.3 Å². The minimum absolute atomic E-state index is 0.00874. The van der Waals surface area contributed by atoms with Gasteiger partial charge in [0.25, 0.3) is 5.56 Å². The summed E-state index contributed by atoms with van der Waals surface area (Å²) in [6.45, 7) is -1.60. The standard InChI is InChI=1S/C28H25F6N5O/c1-16-5-4-8-22(29)24(16)18-11-9-17(10-12-18)20-13-23(25-35-15-39(37-25)27(30)31)36-38(26(20)40)14-19-6-2-3-7-21(19)28(32,33)34/h2-8,13,15,17-18,27H,9-12,14H2,1H3. The van der Waals surface area contributed by atoms with Gasteiger partial charge in [-0.15, -0.1) is 5.10 Å². The van der Waals surface area contributed by atoms with Gasteiger partial charge in [0.15, 0.2) is 0 Å². The highest BCUT2D eigenvalue weighted by atomic mass is 19.4. The van der Waals surface area contributed by atoms with E-state index in [1.165, 1.54) is 30.3 Å². The average Bonchev–Trinajstić information content (AvgIpc) is 3.41. The molecule has 12 heteroatoms. The molecule has 1 saturated carbocycles. The lowest BCUT2D eigenvalue weighted by Crippen LogP contribution is -2.30. The molecule has 6 nitrogen and oxygen atoms in total. The fourth-order valence-electron chi connectivity index (χ4n) is 5.51. The zero-order chi connectivity index (χ0) is 28.6. The maximum absolute atomic E-state index is 14.6. The van der Waals surface area contributed by atoms with Crippen LogP contribution in [0.3, 0.4) is 0 Å². The second-order valence-electron chi connectivity index (χ2n) is 9.95. The van der Waals surface area contributed by atoms with Gasteiger partial charge in [-0.2, -0.15) is 31.7 Å². The summed E-state index contributed by atoms with van der Waals surface area (Å²) in [7, 11) is 0. The van der Waals surface area contributed by atoms with E-state index < -0.39 is 30.4 Å². The average molecular weight is 562 g/mol. The van der Waals surface area contributed by atoms with Crippen molar-refractivity contribution in [3.63, 3.8) is 0 Å². The topological polar surface area (TPSA) is 65.6 Å². The molecule has 5 rings (SSSR count). The van der Waals surface area contributed by atoms with Crippen LogP contribution in [0.2, 0.25) is 0 Å². The highest BCUT2D eigenvalue weighted by Crippen LogP contribution is 2.42. The van der Waals surface area contributed by atoms with E-state index in [1.54, 1.807) is 6.07 Å². The van der Waals surface area contributed by atoms with Crippen molar-refractivity contribution >= 4 is 0 Å². The summed E-state index contributed by atoms with van der Waals surface area (Å²) in [5, 5.41) is 7.91. The molecule has 40 heavy (non-hydrogen) atoms. The maximum atomic E-state index is 14.6. The third-order valence-corrected chi connectivity index (χ3v) is 7.43. The van der Waals surface area contributed by atoms with E-state index in [9.17, 15) is 31.1 Å². The van der Waals surface area contributed by atoms with Crippen molar-refractivity contribution in [2.75, 3.05) is 0 Å². The molecule has 0 bridgehead atoms. The molecule has 0 radical (unpaired) electrons. The largest absolute Gasteiger partial charge is 0.416 e. The fraction of sp³-hybridized carbons (Fsp3) is 0.357. The highest BCUT2D eigenvalue weighted by Gasteiger charge is 2.34. The Morgan fingerprint density at radius 1 is 0.975 bits per heavy atom. The van der Waals surface area contributed by atoms with E-state index in [4.69, 9.17) is 0 Å². The van der Waals surface area contributed by atoms with E-state index in [1.807, 2.05) is 13.0 Å². The van der Waals surface area contributed by atoms with Gasteiger partial charge < -0.3 is 0 Å². The summed E-state index contributed by atoms with van der Waals surface area (Å²) >= 11 is 0. The summed E-state index contributed by atoms with van der Waals surface area (Å²) in [6, 6.07) is 11.2. The summed E-state index contributed by atoms with van der Waals surface area (Å²) in [5.74, 6) is -0.793. The molecule has 2 aromatic carbocycles. The molecule has 4 aromatic rings. The first-order valence-electron chi connectivity index (χ1n) is 12.7. The lowest BCUT2D eigenvalue weighted by molar-refractivity contribution is -0.138. The van der Waals surface area contributed by atoms with Gasteiger partial charge in [0.2, 0.25) is 5.82 Å². The SMILES string of the molecule is Cc1cccc(F)c1C1CCC(c2cc(-c3ncn(C(F)F)n3)nn(Cc3ccccc3C(F)(F)F)c2=O)CC1. The van der Waals surface area contributed by atoms with E-state index in [-0.39, 0.29) is 40.3 Å². The van der Waals surface area contributed by atoms with Crippen LogP contribution in [0.15, 0.2) is 59.7 Å². The Balaban J connectivity index is 1.52. The zero-order valence-electron chi connectivity index (χ0n) is 21.4. The van der Waals surface area contributed by atoms with E-state index in [2.05, 4.69) is 15.2 Å². The third kappa shape index (κ3) is 5.52. The Kier molecular flexibility index (Phi) is 7.52. The van der Waals surface area contributed by atoms with Gasteiger partial charge in [-0.1, -0.05) is 30.3 Å². The van der Waals surface area contributed by atoms with Gasteiger partial charge in [-0.05, 0) is 79.3 Å². The van der Waals surface area contributed by atoms with Gasteiger partial charge in [0.05, 0.1) is 12.1 Å². The number of benzene rings is 2. The van der Waals surface area contributed by atoms with Crippen LogP contribution < -0.4 is 5.56 Å². The van der Waals surface area contributed by atoms with Crippen LogP contribution in [-0.2, 0) is 12.7 Å². The van der Waals surface area contributed by atoms with Crippen molar-refractivity contribution in [3.05, 3.63) is 98.8 Å². The molecule has 0 atom stereocenters. The first-order chi connectivity index (χ1) is 19.0. The molecule has 210 valence electrons. The normalized spacial score (nSPS) is 17.9. The van der Waals surface area contributed by atoms with Crippen molar-refractivity contribution < 1.29 is 26.3 Å². The number of halogens is 6. The molecule has 0 spiro atoms. The van der Waals surface area contributed by atoms with Crippen molar-refractivity contribution in [2.45, 2.75) is 63.7 Å². The number of nitrogens with zero attached hydrogens (tertiary/aromatic N) is 5. The quantitative estimate of drug-likeness (QED) is 0.242. The number of hydrogen-bond acceptors (Lipinski definition) is 4. The Bertz CT molecular complexity index is 1550. The minimum atomic E-state index is -4.65. The Hall–Kier alpha value is -3.96. The van der Waals surface area contributed by atoms with Crippen LogP contribution in [0.5, 0.6) is 0 Å². The highest BCUT2D eigenvalue weighted by molar-refractivity contribution is 5.49. The van der Waals surface area contributed by atoms with Crippen LogP contribution >= 0.6 is 0 Å². The lowest BCUT2D eigenvalue weighted by Gasteiger charge is -2.30. The Morgan fingerprint density at radius 3 is 2.33 bits per heavy atom. The summed E-state index contributed by atoms with van der Waals surface area (Å²) in [4.78, 5) is 17.5. The summed E-state index contributed by atoms with van der Waals surface area (Å²) in [5.41, 5.74) is 0.117. The van der Waals surface area contributed by atoms with E-state index >= 15 is 0 Å². The number of aromatic nitrogens is 5. The summed E-state index contributed by atoms with van der Waals surface area (Å²) in [6.07, 6.45) is -1.60. The molecule has 1 fully saturated rings. The molecule has 2 aromatic heterocycles. The molecule has 2 heterocycles. The number of aryl methyl sites for hydroxylation is 1. The number of rotatable bonds is 6. The smallest absolute Gasteiger partial charge is 0.267 e. The zero-order valence-corrected chi connectivity index (χ0v) is 21.4. The van der Waals surface area contributed by atoms with Crippen molar-refractivity contribution in [3.8, 4) is 11.5 Å².